The van der Waals surface area contributed by atoms with E-state index in [1.165, 1.54) is 16.5 Å². The Labute approximate surface area is 102 Å². The molecule has 86 valence electrons. The highest BCUT2D eigenvalue weighted by Gasteiger charge is 2.07. The monoisotopic (exact) mass is 239 g/mol. The second-order valence-electron chi connectivity index (χ2n) is 3.91. The molecule has 1 aromatic carbocycles. The van der Waals surface area contributed by atoms with E-state index in [4.69, 9.17) is 7.85 Å². The van der Waals surface area contributed by atoms with Crippen molar-refractivity contribution in [2.45, 2.75) is 0 Å². The van der Waals surface area contributed by atoms with Crippen LogP contribution in [0.25, 0.3) is 16.8 Å². The molecule has 6 heteroatoms. The fourth-order valence-corrected chi connectivity index (χ4v) is 1.83. The summed E-state index contributed by atoms with van der Waals surface area (Å²) >= 11 is 0. The smallest absolute Gasteiger partial charge is 0.250 e. The molecule has 0 unspecified atom stereocenters. The Morgan fingerprint density at radius 1 is 1.28 bits per heavy atom. The molecule has 3 rings (SSSR count). The van der Waals surface area contributed by atoms with Crippen molar-refractivity contribution in [2.24, 2.45) is 0 Å². The van der Waals surface area contributed by atoms with E-state index in [-0.39, 0.29) is 11.5 Å². The first-order chi connectivity index (χ1) is 8.65. The number of hydrogen-bond donors (Lipinski definition) is 1. The number of halogens is 1. The minimum atomic E-state index is -0.339. The number of nitrogens with zero attached hydrogens (tertiary/aromatic N) is 2. The van der Waals surface area contributed by atoms with Crippen LogP contribution in [0.2, 0.25) is 0 Å². The highest BCUT2D eigenvalue weighted by molar-refractivity contribution is 6.36. The van der Waals surface area contributed by atoms with Crippen LogP contribution in [0.1, 0.15) is 0 Å². The molecule has 0 bridgehead atoms. The molecule has 0 aliphatic heterocycles. The summed E-state index contributed by atoms with van der Waals surface area (Å²) in [5, 5.41) is 6.15. The average Bonchev–Trinajstić information content (AvgIpc) is 2.71. The largest absolute Gasteiger partial charge is 0.347 e. The maximum absolute atomic E-state index is 12.9. The topological polar surface area (TPSA) is 50.2 Å². The van der Waals surface area contributed by atoms with Crippen LogP contribution in [-0.4, -0.2) is 22.4 Å². The number of benzene rings is 1. The lowest BCUT2D eigenvalue weighted by Crippen LogP contribution is -2.14. The number of fused-ring (bicyclic) bond motifs is 1. The second-order valence-corrected chi connectivity index (χ2v) is 3.91. The molecule has 2 heterocycles. The first-order valence-electron chi connectivity index (χ1n) is 5.27. The van der Waals surface area contributed by atoms with Gasteiger partial charge < -0.3 is 0 Å². The highest BCUT2D eigenvalue weighted by Crippen LogP contribution is 2.17. The van der Waals surface area contributed by atoms with Crippen molar-refractivity contribution in [2.75, 3.05) is 0 Å². The first kappa shape index (κ1) is 10.8. The van der Waals surface area contributed by atoms with Crippen molar-refractivity contribution < 1.29 is 4.39 Å². The van der Waals surface area contributed by atoms with Crippen molar-refractivity contribution >= 4 is 19.0 Å². The van der Waals surface area contributed by atoms with Crippen LogP contribution in [0.3, 0.4) is 0 Å². The van der Waals surface area contributed by atoms with Gasteiger partial charge >= 0.3 is 5.69 Å². The Balaban J connectivity index is 2.27. The van der Waals surface area contributed by atoms with Gasteiger partial charge in [0.15, 0.2) is 5.65 Å². The Kier molecular flexibility index (Phi) is 2.29. The Morgan fingerprint density at radius 2 is 2.00 bits per heavy atom. The predicted octanol–water partition coefficient (Wildman–Crippen LogP) is 0.622. The number of aromatic amines is 1. The summed E-state index contributed by atoms with van der Waals surface area (Å²) in [4.78, 5) is 11.5. The number of H-pyrrole nitrogens is 1. The Bertz CT molecular complexity index is 776. The fraction of sp³-hybridized carbons (Fsp3) is 0. The van der Waals surface area contributed by atoms with Crippen molar-refractivity contribution in [3.05, 3.63) is 52.8 Å². The Morgan fingerprint density at radius 3 is 2.72 bits per heavy atom. The van der Waals surface area contributed by atoms with Crippen LogP contribution in [-0.2, 0) is 0 Å². The molecule has 0 aliphatic carbocycles. The standard InChI is InChI=1S/C12H7BFN3O/c13-10-5-11-15-16-12(18)17(11)6-9(10)7-1-3-8(14)4-2-7/h1-6H,(H,16,18). The Hall–Kier alpha value is -2.37. The molecule has 0 aliphatic rings. The molecule has 2 radical (unpaired) electrons. The van der Waals surface area contributed by atoms with Gasteiger partial charge in [-0.2, -0.15) is 5.10 Å². The van der Waals surface area contributed by atoms with Crippen molar-refractivity contribution in [3.63, 3.8) is 0 Å². The molecule has 3 aromatic rings. The van der Waals surface area contributed by atoms with Gasteiger partial charge in [-0.15, -0.1) is 0 Å². The number of aromatic nitrogens is 3. The SMILES string of the molecule is [B]c1cc2n[nH]c(=O)n2cc1-c1ccc(F)cc1. The molecule has 4 nitrogen and oxygen atoms in total. The summed E-state index contributed by atoms with van der Waals surface area (Å²) in [7, 11) is 5.90. The summed E-state index contributed by atoms with van der Waals surface area (Å²) < 4.78 is 14.2. The van der Waals surface area contributed by atoms with E-state index in [9.17, 15) is 9.18 Å². The highest BCUT2D eigenvalue weighted by atomic mass is 19.1. The van der Waals surface area contributed by atoms with Gasteiger partial charge in [0.05, 0.1) is 0 Å². The third-order valence-corrected chi connectivity index (χ3v) is 2.74. The van der Waals surface area contributed by atoms with Gasteiger partial charge in [-0.25, -0.2) is 18.7 Å². The van der Waals surface area contributed by atoms with Gasteiger partial charge in [0.1, 0.15) is 13.7 Å². The first-order valence-corrected chi connectivity index (χ1v) is 5.27. The van der Waals surface area contributed by atoms with E-state index in [2.05, 4.69) is 10.2 Å². The molecule has 0 saturated carbocycles. The van der Waals surface area contributed by atoms with E-state index in [1.54, 1.807) is 24.4 Å². The molecule has 18 heavy (non-hydrogen) atoms. The van der Waals surface area contributed by atoms with Crippen LogP contribution in [0, 0.1) is 5.82 Å². The lowest BCUT2D eigenvalue weighted by molar-refractivity contribution is 0.628. The quantitative estimate of drug-likeness (QED) is 0.633. The second kappa shape index (κ2) is 3.84. The third kappa shape index (κ3) is 1.62. The van der Waals surface area contributed by atoms with Crippen LogP contribution >= 0.6 is 0 Å². The maximum atomic E-state index is 12.9. The number of pyridine rings is 1. The molecule has 0 amide bonds. The fourth-order valence-electron chi connectivity index (χ4n) is 1.83. The zero-order valence-corrected chi connectivity index (χ0v) is 9.22. The molecular weight excluding hydrogens is 232 g/mol. The van der Waals surface area contributed by atoms with Crippen LogP contribution in [0.4, 0.5) is 4.39 Å². The van der Waals surface area contributed by atoms with Gasteiger partial charge in [-0.1, -0.05) is 17.6 Å². The van der Waals surface area contributed by atoms with Gasteiger partial charge in [-0.3, -0.25) is 0 Å². The van der Waals surface area contributed by atoms with Crippen LogP contribution < -0.4 is 11.2 Å². The molecule has 0 spiro atoms. The summed E-state index contributed by atoms with van der Waals surface area (Å²) in [6, 6.07) is 7.50. The zero-order valence-electron chi connectivity index (χ0n) is 9.22. The maximum Gasteiger partial charge on any atom is 0.347 e. The molecule has 2 aromatic heterocycles. The summed E-state index contributed by atoms with van der Waals surface area (Å²) in [6.07, 6.45) is 1.59. The number of hydrogen-bond acceptors (Lipinski definition) is 2. The summed E-state index contributed by atoms with van der Waals surface area (Å²) in [5.74, 6) is -0.320. The van der Waals surface area contributed by atoms with Crippen molar-refractivity contribution in [1.29, 1.82) is 0 Å². The lowest BCUT2D eigenvalue weighted by atomic mass is 9.88. The zero-order chi connectivity index (χ0) is 12.7. The van der Waals surface area contributed by atoms with E-state index in [0.717, 1.165) is 5.56 Å². The third-order valence-electron chi connectivity index (χ3n) is 2.74. The van der Waals surface area contributed by atoms with Gasteiger partial charge in [-0.05, 0) is 29.3 Å². The van der Waals surface area contributed by atoms with Crippen LogP contribution in [0.5, 0.6) is 0 Å². The normalized spacial score (nSPS) is 10.9. The van der Waals surface area contributed by atoms with Gasteiger partial charge in [0.2, 0.25) is 0 Å². The average molecular weight is 239 g/mol. The molecule has 0 saturated heterocycles. The molecule has 0 atom stereocenters. The lowest BCUT2D eigenvalue weighted by Gasteiger charge is -2.06. The van der Waals surface area contributed by atoms with E-state index < -0.39 is 0 Å². The van der Waals surface area contributed by atoms with Crippen LogP contribution in [0.15, 0.2) is 41.3 Å². The molecular formula is C12H7BFN3O. The van der Waals surface area contributed by atoms with Gasteiger partial charge in [0, 0.05) is 6.20 Å². The van der Waals surface area contributed by atoms with Gasteiger partial charge in [0.25, 0.3) is 0 Å². The van der Waals surface area contributed by atoms with Crippen molar-refractivity contribution in [1.82, 2.24) is 14.6 Å². The summed E-state index contributed by atoms with van der Waals surface area (Å²) in [6.45, 7) is 0. The minimum Gasteiger partial charge on any atom is -0.250 e. The van der Waals surface area contributed by atoms with E-state index in [0.29, 0.717) is 16.7 Å². The van der Waals surface area contributed by atoms with Crippen molar-refractivity contribution in [3.8, 4) is 11.1 Å². The van der Waals surface area contributed by atoms with E-state index >= 15 is 0 Å². The number of rotatable bonds is 1. The molecule has 1 N–H and O–H groups in total. The summed E-state index contributed by atoms with van der Waals surface area (Å²) in [5.41, 5.74) is 1.99. The minimum absolute atomic E-state index is 0.320. The van der Waals surface area contributed by atoms with E-state index in [1.807, 2.05) is 0 Å². The molecule has 0 fully saturated rings. The predicted molar refractivity (Wildman–Crippen MR) is 66.6 cm³/mol. The number of nitrogens with one attached hydrogen (secondary N) is 1.